The summed E-state index contributed by atoms with van der Waals surface area (Å²) in [4.78, 5) is 0. The molecule has 0 spiro atoms. The molecule has 0 bridgehead atoms. The van der Waals surface area contributed by atoms with Gasteiger partial charge in [0.25, 0.3) is 0 Å². The highest BCUT2D eigenvalue weighted by Crippen LogP contribution is 2.34. The lowest BCUT2D eigenvalue weighted by atomic mass is 10.2. The largest absolute Gasteiger partial charge is 0.573 e. The summed E-state index contributed by atoms with van der Waals surface area (Å²) in [5, 5.41) is 8.94. The summed E-state index contributed by atoms with van der Waals surface area (Å²) < 4.78 is 51.3. The van der Waals surface area contributed by atoms with Crippen LogP contribution >= 0.6 is 0 Å². The number of ether oxygens (including phenoxy) is 1. The number of benzene rings is 1. The summed E-state index contributed by atoms with van der Waals surface area (Å²) in [5.74, 6) is -3.20. The molecule has 6 heteroatoms. The van der Waals surface area contributed by atoms with Crippen LogP contribution in [0.15, 0.2) is 12.1 Å². The molecule has 0 saturated heterocycles. The number of rotatable bonds is 1. The third kappa shape index (κ3) is 2.27. The Morgan fingerprint density at radius 3 is 2.36 bits per heavy atom. The van der Waals surface area contributed by atoms with Crippen molar-refractivity contribution in [2.75, 3.05) is 0 Å². The second-order valence-electron chi connectivity index (χ2n) is 2.59. The van der Waals surface area contributed by atoms with E-state index < -0.39 is 23.7 Å². The van der Waals surface area contributed by atoms with Crippen molar-refractivity contribution < 1.29 is 27.4 Å². The second-order valence-corrected chi connectivity index (χ2v) is 2.59. The topological polar surface area (TPSA) is 29.5 Å². The second kappa shape index (κ2) is 3.36. The lowest BCUT2D eigenvalue weighted by Gasteiger charge is -2.11. The molecule has 0 unspecified atom stereocenters. The van der Waals surface area contributed by atoms with Crippen LogP contribution in [0, 0.1) is 12.7 Å². The predicted octanol–water partition coefficient (Wildman–Crippen LogP) is 2.74. The monoisotopic (exact) mass is 210 g/mol. The summed E-state index contributed by atoms with van der Waals surface area (Å²) in [6.45, 7) is 1.31. The molecule has 0 aliphatic heterocycles. The summed E-state index contributed by atoms with van der Waals surface area (Å²) in [6.07, 6.45) is -4.95. The predicted molar refractivity (Wildman–Crippen MR) is 39.5 cm³/mol. The molecule has 78 valence electrons. The van der Waals surface area contributed by atoms with Crippen molar-refractivity contribution in [2.45, 2.75) is 13.3 Å². The maximum atomic E-state index is 12.9. The van der Waals surface area contributed by atoms with Gasteiger partial charge in [-0.05, 0) is 18.6 Å². The van der Waals surface area contributed by atoms with Crippen molar-refractivity contribution >= 4 is 0 Å². The molecular weight excluding hydrogens is 204 g/mol. The Kier molecular flexibility index (Phi) is 2.55. The Hall–Kier alpha value is -1.46. The van der Waals surface area contributed by atoms with Gasteiger partial charge in [0.15, 0.2) is 17.3 Å². The maximum absolute atomic E-state index is 12.9. The standard InChI is InChI=1S/C8H6F4O2/c1-4-2-3-5(7(13)6(4)9)14-8(10,11)12/h2-3,13H,1H3. The van der Waals surface area contributed by atoms with Gasteiger partial charge < -0.3 is 9.84 Å². The van der Waals surface area contributed by atoms with Gasteiger partial charge in [-0.1, -0.05) is 6.07 Å². The first-order chi connectivity index (χ1) is 6.31. The van der Waals surface area contributed by atoms with Crippen molar-refractivity contribution in [3.05, 3.63) is 23.5 Å². The molecule has 0 radical (unpaired) electrons. The fourth-order valence-corrected chi connectivity index (χ4v) is 0.855. The quantitative estimate of drug-likeness (QED) is 0.722. The lowest BCUT2D eigenvalue weighted by Crippen LogP contribution is -2.17. The summed E-state index contributed by atoms with van der Waals surface area (Å²) in [7, 11) is 0. The molecule has 1 N–H and O–H groups in total. The van der Waals surface area contributed by atoms with E-state index in [2.05, 4.69) is 4.74 Å². The molecule has 0 saturated carbocycles. The van der Waals surface area contributed by atoms with E-state index in [0.29, 0.717) is 0 Å². The molecule has 0 atom stereocenters. The van der Waals surface area contributed by atoms with Crippen molar-refractivity contribution in [1.82, 2.24) is 0 Å². The first kappa shape index (κ1) is 10.6. The zero-order valence-corrected chi connectivity index (χ0v) is 7.02. The van der Waals surface area contributed by atoms with Gasteiger partial charge in [-0.3, -0.25) is 0 Å². The van der Waals surface area contributed by atoms with Crippen LogP contribution < -0.4 is 4.74 Å². The van der Waals surface area contributed by atoms with Gasteiger partial charge in [0, 0.05) is 0 Å². The van der Waals surface area contributed by atoms with Gasteiger partial charge in [0.05, 0.1) is 0 Å². The smallest absolute Gasteiger partial charge is 0.502 e. The number of phenolic OH excluding ortho intramolecular Hbond substituents is 1. The molecule has 0 heterocycles. The zero-order valence-electron chi connectivity index (χ0n) is 7.02. The molecule has 0 aliphatic carbocycles. The number of aromatic hydroxyl groups is 1. The van der Waals surface area contributed by atoms with E-state index in [0.717, 1.165) is 12.1 Å². The van der Waals surface area contributed by atoms with Crippen LogP contribution in [0.4, 0.5) is 17.6 Å². The van der Waals surface area contributed by atoms with Crippen LogP contribution in [-0.4, -0.2) is 11.5 Å². The van der Waals surface area contributed by atoms with Crippen LogP contribution in [0.3, 0.4) is 0 Å². The maximum Gasteiger partial charge on any atom is 0.573 e. The van der Waals surface area contributed by atoms with E-state index in [4.69, 9.17) is 5.11 Å². The van der Waals surface area contributed by atoms with Crippen LogP contribution in [0.5, 0.6) is 11.5 Å². The Morgan fingerprint density at radius 1 is 1.29 bits per heavy atom. The molecule has 14 heavy (non-hydrogen) atoms. The Balaban J connectivity index is 3.06. The number of hydrogen-bond donors (Lipinski definition) is 1. The van der Waals surface area contributed by atoms with Gasteiger partial charge in [0.1, 0.15) is 0 Å². The highest BCUT2D eigenvalue weighted by molar-refractivity contribution is 5.43. The summed E-state index contributed by atoms with van der Waals surface area (Å²) in [5.41, 5.74) is 0.0389. The third-order valence-corrected chi connectivity index (χ3v) is 1.50. The van der Waals surface area contributed by atoms with E-state index in [1.54, 1.807) is 0 Å². The van der Waals surface area contributed by atoms with Gasteiger partial charge in [-0.15, -0.1) is 13.2 Å². The number of alkyl halides is 3. The average molecular weight is 210 g/mol. The molecular formula is C8H6F4O2. The third-order valence-electron chi connectivity index (χ3n) is 1.50. The van der Waals surface area contributed by atoms with E-state index >= 15 is 0 Å². The molecule has 1 rings (SSSR count). The highest BCUT2D eigenvalue weighted by Gasteiger charge is 2.32. The normalized spacial score (nSPS) is 11.5. The highest BCUT2D eigenvalue weighted by atomic mass is 19.4. The average Bonchev–Trinajstić information content (AvgIpc) is 2.04. The number of aryl methyl sites for hydroxylation is 1. The first-order valence-electron chi connectivity index (χ1n) is 3.55. The van der Waals surface area contributed by atoms with Gasteiger partial charge in [-0.2, -0.15) is 0 Å². The minimum absolute atomic E-state index is 0.0389. The van der Waals surface area contributed by atoms with Crippen molar-refractivity contribution in [3.63, 3.8) is 0 Å². The summed E-state index contributed by atoms with van der Waals surface area (Å²) in [6, 6.07) is 1.93. The SMILES string of the molecule is Cc1ccc(OC(F)(F)F)c(O)c1F. The lowest BCUT2D eigenvalue weighted by molar-refractivity contribution is -0.275. The first-order valence-corrected chi connectivity index (χ1v) is 3.55. The van der Waals surface area contributed by atoms with Crippen LogP contribution in [-0.2, 0) is 0 Å². The van der Waals surface area contributed by atoms with Gasteiger partial charge in [0.2, 0.25) is 0 Å². The Labute approximate surface area is 76.7 Å². The molecule has 2 nitrogen and oxygen atoms in total. The van der Waals surface area contributed by atoms with Crippen LogP contribution in [0.25, 0.3) is 0 Å². The summed E-state index contributed by atoms with van der Waals surface area (Å²) >= 11 is 0. The van der Waals surface area contributed by atoms with E-state index in [1.165, 1.54) is 6.92 Å². The van der Waals surface area contributed by atoms with Crippen molar-refractivity contribution in [3.8, 4) is 11.5 Å². The number of hydrogen-bond acceptors (Lipinski definition) is 2. The van der Waals surface area contributed by atoms with Crippen LogP contribution in [0.2, 0.25) is 0 Å². The number of halogens is 4. The molecule has 0 aromatic heterocycles. The molecule has 0 aliphatic rings. The Bertz CT molecular complexity index is 346. The fraction of sp³-hybridized carbons (Fsp3) is 0.250. The van der Waals surface area contributed by atoms with Gasteiger partial charge in [-0.25, -0.2) is 4.39 Å². The minimum atomic E-state index is -4.95. The molecule has 0 amide bonds. The molecule has 1 aromatic carbocycles. The van der Waals surface area contributed by atoms with Crippen LogP contribution in [0.1, 0.15) is 5.56 Å². The minimum Gasteiger partial charge on any atom is -0.502 e. The zero-order chi connectivity index (χ0) is 10.9. The Morgan fingerprint density at radius 2 is 1.86 bits per heavy atom. The molecule has 1 aromatic rings. The van der Waals surface area contributed by atoms with Crippen molar-refractivity contribution in [2.24, 2.45) is 0 Å². The fourth-order valence-electron chi connectivity index (χ4n) is 0.855. The number of phenols is 1. The molecule has 0 fully saturated rings. The van der Waals surface area contributed by atoms with E-state index in [1.807, 2.05) is 0 Å². The van der Waals surface area contributed by atoms with E-state index in [-0.39, 0.29) is 5.56 Å². The van der Waals surface area contributed by atoms with Crippen molar-refractivity contribution in [1.29, 1.82) is 0 Å². The van der Waals surface area contributed by atoms with E-state index in [9.17, 15) is 17.6 Å². The van der Waals surface area contributed by atoms with Gasteiger partial charge >= 0.3 is 6.36 Å².